The molecule has 1 atom stereocenters. The van der Waals surface area contributed by atoms with Gasteiger partial charge in [-0.15, -0.1) is 0 Å². The van der Waals surface area contributed by atoms with Gasteiger partial charge in [0.1, 0.15) is 0 Å². The summed E-state index contributed by atoms with van der Waals surface area (Å²) < 4.78 is 5.42. The first-order valence-corrected chi connectivity index (χ1v) is 6.33. The number of nitrogens with two attached hydrogens (primary N) is 1. The second-order valence-corrected chi connectivity index (χ2v) is 4.49. The Morgan fingerprint density at radius 1 is 1.53 bits per heavy atom. The predicted molar refractivity (Wildman–Crippen MR) is 68.6 cm³/mol. The van der Waals surface area contributed by atoms with Crippen LogP contribution in [0, 0.1) is 5.92 Å². The van der Waals surface area contributed by atoms with Crippen LogP contribution < -0.4 is 11.1 Å². The van der Waals surface area contributed by atoms with Gasteiger partial charge in [0.05, 0.1) is 0 Å². The minimum absolute atomic E-state index is 0.303. The van der Waals surface area contributed by atoms with Gasteiger partial charge in [-0.2, -0.15) is 0 Å². The van der Waals surface area contributed by atoms with E-state index in [0.717, 1.165) is 43.9 Å². The minimum atomic E-state index is 0.303. The van der Waals surface area contributed by atoms with E-state index in [2.05, 4.69) is 17.2 Å². The number of nitrogens with zero attached hydrogens (tertiary/aromatic N) is 1. The molecule has 4 heteroatoms. The summed E-state index contributed by atoms with van der Waals surface area (Å²) in [6.45, 7) is 4.77. The van der Waals surface area contributed by atoms with Crippen molar-refractivity contribution in [1.29, 1.82) is 0 Å². The van der Waals surface area contributed by atoms with Gasteiger partial charge in [0.25, 0.3) is 0 Å². The second-order valence-electron chi connectivity index (χ2n) is 4.49. The van der Waals surface area contributed by atoms with Crippen LogP contribution in [0.25, 0.3) is 0 Å². The highest BCUT2D eigenvalue weighted by molar-refractivity contribution is 5.46. The summed E-state index contributed by atoms with van der Waals surface area (Å²) in [5.74, 6) is 0.593. The van der Waals surface area contributed by atoms with E-state index in [1.54, 1.807) is 6.20 Å². The quantitative estimate of drug-likeness (QED) is 0.834. The van der Waals surface area contributed by atoms with Crippen molar-refractivity contribution in [1.82, 2.24) is 10.3 Å². The summed E-state index contributed by atoms with van der Waals surface area (Å²) in [6, 6.07) is 2.18. The summed E-state index contributed by atoms with van der Waals surface area (Å²) in [6.07, 6.45) is 5.81. The lowest BCUT2D eigenvalue weighted by Crippen LogP contribution is -2.32. The van der Waals surface area contributed by atoms with Crippen LogP contribution in [0.1, 0.15) is 31.4 Å². The molecule has 0 amide bonds. The molecule has 0 radical (unpaired) electrons. The molecule has 17 heavy (non-hydrogen) atoms. The minimum Gasteiger partial charge on any atom is -0.398 e. The first-order chi connectivity index (χ1) is 8.33. The summed E-state index contributed by atoms with van der Waals surface area (Å²) in [5.41, 5.74) is 8.00. The van der Waals surface area contributed by atoms with E-state index in [-0.39, 0.29) is 0 Å². The topological polar surface area (TPSA) is 60.2 Å². The summed E-state index contributed by atoms with van der Waals surface area (Å²) in [7, 11) is 0. The monoisotopic (exact) mass is 235 g/mol. The van der Waals surface area contributed by atoms with Crippen LogP contribution in [-0.4, -0.2) is 24.7 Å². The molecular formula is C13H21N3O. The Morgan fingerprint density at radius 3 is 2.94 bits per heavy atom. The van der Waals surface area contributed by atoms with Crippen molar-refractivity contribution in [2.75, 3.05) is 25.5 Å². The molecule has 2 rings (SSSR count). The smallest absolute Gasteiger partial charge is 0.0469 e. The number of rotatable bonds is 4. The Labute approximate surface area is 103 Å². The zero-order valence-electron chi connectivity index (χ0n) is 10.4. The molecule has 3 N–H and O–H groups in total. The fourth-order valence-corrected chi connectivity index (χ4v) is 2.48. The maximum Gasteiger partial charge on any atom is 0.0469 e. The normalized spacial score (nSPS) is 19.1. The molecule has 0 bridgehead atoms. The van der Waals surface area contributed by atoms with E-state index < -0.39 is 0 Å². The van der Waals surface area contributed by atoms with Gasteiger partial charge >= 0.3 is 0 Å². The third kappa shape index (κ3) is 2.96. The van der Waals surface area contributed by atoms with Crippen molar-refractivity contribution >= 4 is 5.69 Å². The van der Waals surface area contributed by atoms with Gasteiger partial charge in [-0.25, -0.2) is 0 Å². The average Bonchev–Trinajstić information content (AvgIpc) is 2.38. The van der Waals surface area contributed by atoms with Gasteiger partial charge < -0.3 is 15.8 Å². The molecule has 1 fully saturated rings. The molecule has 1 aromatic rings. The van der Waals surface area contributed by atoms with Crippen LogP contribution in [0.15, 0.2) is 18.5 Å². The van der Waals surface area contributed by atoms with Crippen LogP contribution in [-0.2, 0) is 4.74 Å². The molecule has 94 valence electrons. The van der Waals surface area contributed by atoms with Crippen LogP contribution in [0.2, 0.25) is 0 Å². The summed E-state index contributed by atoms with van der Waals surface area (Å²) in [5, 5.41) is 3.53. The Balaban J connectivity index is 2.18. The molecule has 1 saturated heterocycles. The molecule has 1 aliphatic rings. The van der Waals surface area contributed by atoms with Gasteiger partial charge in [-0.1, -0.05) is 6.92 Å². The fraction of sp³-hybridized carbons (Fsp3) is 0.615. The van der Waals surface area contributed by atoms with Crippen molar-refractivity contribution in [3.8, 4) is 0 Å². The molecule has 0 saturated carbocycles. The third-order valence-corrected chi connectivity index (χ3v) is 3.38. The Bertz CT molecular complexity index is 350. The van der Waals surface area contributed by atoms with Gasteiger partial charge in [0, 0.05) is 42.9 Å². The Morgan fingerprint density at radius 2 is 2.29 bits per heavy atom. The SMILES string of the molecule is CCNC(c1cnccc1N)C1CCOCC1. The number of nitrogen functional groups attached to an aromatic ring is 1. The van der Waals surface area contributed by atoms with Crippen LogP contribution in [0.5, 0.6) is 0 Å². The summed E-state index contributed by atoms with van der Waals surface area (Å²) >= 11 is 0. The number of nitrogens with one attached hydrogen (secondary N) is 1. The largest absolute Gasteiger partial charge is 0.398 e. The van der Waals surface area contributed by atoms with Crippen molar-refractivity contribution in [3.63, 3.8) is 0 Å². The lowest BCUT2D eigenvalue weighted by Gasteiger charge is -2.31. The maximum absolute atomic E-state index is 6.05. The van der Waals surface area contributed by atoms with E-state index >= 15 is 0 Å². The van der Waals surface area contributed by atoms with E-state index in [1.165, 1.54) is 0 Å². The molecule has 0 aliphatic carbocycles. The standard InChI is InChI=1S/C13H21N3O/c1-2-16-13(10-4-7-17-8-5-10)11-9-15-6-3-12(11)14/h3,6,9-10,13,16H,2,4-5,7-8H2,1H3,(H2,14,15). The second kappa shape index (κ2) is 5.98. The van der Waals surface area contributed by atoms with Gasteiger partial charge in [-0.3, -0.25) is 4.98 Å². The van der Waals surface area contributed by atoms with Gasteiger partial charge in [0.2, 0.25) is 0 Å². The van der Waals surface area contributed by atoms with Gasteiger partial charge in [0.15, 0.2) is 0 Å². The van der Waals surface area contributed by atoms with Crippen molar-refractivity contribution < 1.29 is 4.74 Å². The zero-order chi connectivity index (χ0) is 12.1. The highest BCUT2D eigenvalue weighted by Gasteiger charge is 2.26. The van der Waals surface area contributed by atoms with Crippen LogP contribution >= 0.6 is 0 Å². The molecule has 1 aromatic heterocycles. The third-order valence-electron chi connectivity index (χ3n) is 3.38. The van der Waals surface area contributed by atoms with E-state index in [1.807, 2.05) is 12.3 Å². The van der Waals surface area contributed by atoms with E-state index in [4.69, 9.17) is 10.5 Å². The number of hydrogen-bond donors (Lipinski definition) is 2. The van der Waals surface area contributed by atoms with Gasteiger partial charge in [-0.05, 0) is 31.4 Å². The molecule has 2 heterocycles. The van der Waals surface area contributed by atoms with Crippen molar-refractivity contribution in [2.24, 2.45) is 5.92 Å². The van der Waals surface area contributed by atoms with Crippen molar-refractivity contribution in [2.45, 2.75) is 25.8 Å². The van der Waals surface area contributed by atoms with Crippen molar-refractivity contribution in [3.05, 3.63) is 24.0 Å². The molecular weight excluding hydrogens is 214 g/mol. The predicted octanol–water partition coefficient (Wildman–Crippen LogP) is 1.74. The molecule has 0 spiro atoms. The molecule has 0 aromatic carbocycles. The summed E-state index contributed by atoms with van der Waals surface area (Å²) in [4.78, 5) is 4.19. The first kappa shape index (κ1) is 12.3. The van der Waals surface area contributed by atoms with Crippen LogP contribution in [0.4, 0.5) is 5.69 Å². The lowest BCUT2D eigenvalue weighted by atomic mass is 9.87. The number of anilines is 1. The number of pyridine rings is 1. The number of hydrogen-bond acceptors (Lipinski definition) is 4. The lowest BCUT2D eigenvalue weighted by molar-refractivity contribution is 0.0538. The first-order valence-electron chi connectivity index (χ1n) is 6.33. The molecule has 1 unspecified atom stereocenters. The van der Waals surface area contributed by atoms with E-state index in [0.29, 0.717) is 12.0 Å². The van der Waals surface area contributed by atoms with Crippen LogP contribution in [0.3, 0.4) is 0 Å². The Kier molecular flexibility index (Phi) is 4.34. The fourth-order valence-electron chi connectivity index (χ4n) is 2.48. The highest BCUT2D eigenvalue weighted by atomic mass is 16.5. The average molecular weight is 235 g/mol. The number of ether oxygens (including phenoxy) is 1. The zero-order valence-corrected chi connectivity index (χ0v) is 10.4. The number of aromatic nitrogens is 1. The molecule has 4 nitrogen and oxygen atoms in total. The Hall–Kier alpha value is -1.13. The van der Waals surface area contributed by atoms with E-state index in [9.17, 15) is 0 Å². The molecule has 1 aliphatic heterocycles. The maximum atomic E-state index is 6.05. The highest BCUT2D eigenvalue weighted by Crippen LogP contribution is 2.32.